The first-order valence-corrected chi connectivity index (χ1v) is 7.98. The molecule has 1 heterocycles. The second-order valence-electron chi connectivity index (χ2n) is 6.69. The average molecular weight is 288 g/mol. The van der Waals surface area contributed by atoms with Crippen LogP contribution in [0, 0.1) is 5.41 Å². The maximum Gasteiger partial charge on any atom is 0.111 e. The molecule has 2 nitrogen and oxygen atoms in total. The highest BCUT2D eigenvalue weighted by molar-refractivity contribution is 7.10. The molecular formula is C17H24N2S. The minimum atomic E-state index is -0.0174. The molecule has 2 rings (SSSR count). The third kappa shape index (κ3) is 3.28. The molecular weight excluding hydrogens is 264 g/mol. The standard InChI is InChI=1S/C17H24N2S/c1-11(2)12-6-8-13(9-7-12)14-10-20-16(19-14)15(18)17(3,4)5/h6-11,15H,18H2,1-5H3. The highest BCUT2D eigenvalue weighted by Crippen LogP contribution is 2.34. The second-order valence-corrected chi connectivity index (χ2v) is 7.58. The van der Waals surface area contributed by atoms with Crippen molar-refractivity contribution >= 4 is 11.3 Å². The minimum absolute atomic E-state index is 0.0174. The molecule has 1 atom stereocenters. The van der Waals surface area contributed by atoms with E-state index in [4.69, 9.17) is 10.7 Å². The van der Waals surface area contributed by atoms with Gasteiger partial charge in [0.15, 0.2) is 0 Å². The number of aromatic nitrogens is 1. The van der Waals surface area contributed by atoms with Crippen LogP contribution >= 0.6 is 11.3 Å². The molecule has 0 saturated carbocycles. The summed E-state index contributed by atoms with van der Waals surface area (Å²) in [6, 6.07) is 8.65. The van der Waals surface area contributed by atoms with Gasteiger partial charge in [-0.2, -0.15) is 0 Å². The van der Waals surface area contributed by atoms with Gasteiger partial charge in [-0.15, -0.1) is 11.3 Å². The van der Waals surface area contributed by atoms with Gasteiger partial charge in [-0.1, -0.05) is 58.9 Å². The summed E-state index contributed by atoms with van der Waals surface area (Å²) in [5, 5.41) is 3.12. The fourth-order valence-electron chi connectivity index (χ4n) is 1.97. The number of rotatable bonds is 3. The van der Waals surface area contributed by atoms with Crippen LogP contribution < -0.4 is 5.73 Å². The van der Waals surface area contributed by atoms with Crippen molar-refractivity contribution in [3.63, 3.8) is 0 Å². The molecule has 0 aliphatic heterocycles. The van der Waals surface area contributed by atoms with E-state index in [0.717, 1.165) is 16.3 Å². The summed E-state index contributed by atoms with van der Waals surface area (Å²) in [5.41, 5.74) is 9.86. The highest BCUT2D eigenvalue weighted by atomic mass is 32.1. The number of thiazole rings is 1. The van der Waals surface area contributed by atoms with Crippen molar-refractivity contribution in [1.82, 2.24) is 4.98 Å². The van der Waals surface area contributed by atoms with Crippen LogP contribution in [0.1, 0.15) is 57.1 Å². The summed E-state index contributed by atoms with van der Waals surface area (Å²) < 4.78 is 0. The van der Waals surface area contributed by atoms with E-state index in [9.17, 15) is 0 Å². The summed E-state index contributed by atoms with van der Waals surface area (Å²) in [5.74, 6) is 0.560. The predicted octanol–water partition coefficient (Wildman–Crippen LogP) is 4.98. The molecule has 0 aliphatic rings. The summed E-state index contributed by atoms with van der Waals surface area (Å²) in [6.07, 6.45) is 0. The van der Waals surface area contributed by atoms with Gasteiger partial charge >= 0.3 is 0 Å². The molecule has 3 heteroatoms. The molecule has 1 aromatic carbocycles. The van der Waals surface area contributed by atoms with E-state index < -0.39 is 0 Å². The quantitative estimate of drug-likeness (QED) is 0.865. The van der Waals surface area contributed by atoms with Crippen molar-refractivity contribution in [3.05, 3.63) is 40.2 Å². The molecule has 1 unspecified atom stereocenters. The molecule has 2 N–H and O–H groups in total. The molecule has 108 valence electrons. The van der Waals surface area contributed by atoms with Gasteiger partial charge in [0.2, 0.25) is 0 Å². The molecule has 0 amide bonds. The van der Waals surface area contributed by atoms with Gasteiger partial charge < -0.3 is 5.73 Å². The average Bonchev–Trinajstić information content (AvgIpc) is 2.86. The summed E-state index contributed by atoms with van der Waals surface area (Å²) in [7, 11) is 0. The fourth-order valence-corrected chi connectivity index (χ4v) is 3.04. The molecule has 0 radical (unpaired) electrons. The smallest absolute Gasteiger partial charge is 0.111 e. The number of hydrogen-bond donors (Lipinski definition) is 1. The maximum atomic E-state index is 6.28. The van der Waals surface area contributed by atoms with E-state index in [2.05, 4.69) is 64.3 Å². The van der Waals surface area contributed by atoms with Crippen molar-refractivity contribution in [2.24, 2.45) is 11.1 Å². The van der Waals surface area contributed by atoms with Crippen molar-refractivity contribution in [2.75, 3.05) is 0 Å². The SMILES string of the molecule is CC(C)c1ccc(-c2csc(C(N)C(C)(C)C)n2)cc1. The van der Waals surface area contributed by atoms with Crippen molar-refractivity contribution in [1.29, 1.82) is 0 Å². The second kappa shape index (κ2) is 5.66. The Hall–Kier alpha value is -1.19. The fraction of sp³-hybridized carbons (Fsp3) is 0.471. The van der Waals surface area contributed by atoms with E-state index in [-0.39, 0.29) is 11.5 Å². The van der Waals surface area contributed by atoms with Crippen LogP contribution in [-0.2, 0) is 0 Å². The van der Waals surface area contributed by atoms with Gasteiger partial charge in [0.05, 0.1) is 11.7 Å². The Morgan fingerprint density at radius 2 is 1.70 bits per heavy atom. The van der Waals surface area contributed by atoms with E-state index in [1.165, 1.54) is 5.56 Å². The van der Waals surface area contributed by atoms with Gasteiger partial charge in [0, 0.05) is 10.9 Å². The van der Waals surface area contributed by atoms with Crippen molar-refractivity contribution < 1.29 is 0 Å². The molecule has 0 spiro atoms. The van der Waals surface area contributed by atoms with Crippen LogP contribution in [0.4, 0.5) is 0 Å². The Morgan fingerprint density at radius 3 is 2.20 bits per heavy atom. The molecule has 0 saturated heterocycles. The Labute approximate surface area is 126 Å². The van der Waals surface area contributed by atoms with Crippen LogP contribution in [0.5, 0.6) is 0 Å². The highest BCUT2D eigenvalue weighted by Gasteiger charge is 2.25. The summed E-state index contributed by atoms with van der Waals surface area (Å²) in [4.78, 5) is 4.71. The van der Waals surface area contributed by atoms with Crippen LogP contribution in [0.15, 0.2) is 29.6 Å². The minimum Gasteiger partial charge on any atom is -0.322 e. The Bertz CT molecular complexity index is 561. The topological polar surface area (TPSA) is 38.9 Å². The van der Waals surface area contributed by atoms with Gasteiger partial charge in [-0.05, 0) is 16.9 Å². The van der Waals surface area contributed by atoms with Gasteiger partial charge in [-0.25, -0.2) is 4.98 Å². The lowest BCUT2D eigenvalue weighted by Crippen LogP contribution is -2.26. The zero-order valence-corrected chi connectivity index (χ0v) is 13.8. The summed E-state index contributed by atoms with van der Waals surface area (Å²) >= 11 is 1.65. The van der Waals surface area contributed by atoms with Crippen LogP contribution in [0.3, 0.4) is 0 Å². The summed E-state index contributed by atoms with van der Waals surface area (Å²) in [6.45, 7) is 10.9. The van der Waals surface area contributed by atoms with E-state index in [0.29, 0.717) is 5.92 Å². The first-order chi connectivity index (χ1) is 9.29. The Balaban J connectivity index is 2.24. The number of nitrogens with two attached hydrogens (primary N) is 1. The first-order valence-electron chi connectivity index (χ1n) is 7.10. The Morgan fingerprint density at radius 1 is 1.10 bits per heavy atom. The first kappa shape index (κ1) is 15.2. The largest absolute Gasteiger partial charge is 0.322 e. The van der Waals surface area contributed by atoms with Crippen LogP contribution in [0.2, 0.25) is 0 Å². The van der Waals surface area contributed by atoms with Crippen molar-refractivity contribution in [2.45, 2.75) is 46.6 Å². The zero-order valence-electron chi connectivity index (χ0n) is 13.0. The monoisotopic (exact) mass is 288 g/mol. The van der Waals surface area contributed by atoms with E-state index in [1.54, 1.807) is 11.3 Å². The van der Waals surface area contributed by atoms with E-state index >= 15 is 0 Å². The van der Waals surface area contributed by atoms with E-state index in [1.807, 2.05) is 0 Å². The number of hydrogen-bond acceptors (Lipinski definition) is 3. The van der Waals surface area contributed by atoms with Gasteiger partial charge in [0.25, 0.3) is 0 Å². The normalized spacial score (nSPS) is 13.8. The van der Waals surface area contributed by atoms with Crippen molar-refractivity contribution in [3.8, 4) is 11.3 Å². The van der Waals surface area contributed by atoms with Crippen LogP contribution in [-0.4, -0.2) is 4.98 Å². The third-order valence-corrected chi connectivity index (χ3v) is 4.52. The maximum absolute atomic E-state index is 6.28. The predicted molar refractivity (Wildman–Crippen MR) is 88.0 cm³/mol. The van der Waals surface area contributed by atoms with Gasteiger partial charge in [0.1, 0.15) is 5.01 Å². The molecule has 0 fully saturated rings. The lowest BCUT2D eigenvalue weighted by Gasteiger charge is -2.24. The lowest BCUT2D eigenvalue weighted by atomic mass is 9.88. The zero-order chi connectivity index (χ0) is 14.9. The third-order valence-electron chi connectivity index (χ3n) is 3.59. The van der Waals surface area contributed by atoms with Crippen LogP contribution in [0.25, 0.3) is 11.3 Å². The number of nitrogens with zero attached hydrogens (tertiary/aromatic N) is 1. The molecule has 0 bridgehead atoms. The Kier molecular flexibility index (Phi) is 4.31. The number of benzene rings is 1. The molecule has 0 aliphatic carbocycles. The molecule has 20 heavy (non-hydrogen) atoms. The molecule has 2 aromatic rings. The molecule has 1 aromatic heterocycles. The lowest BCUT2D eigenvalue weighted by molar-refractivity contribution is 0.326. The van der Waals surface area contributed by atoms with Gasteiger partial charge in [-0.3, -0.25) is 0 Å².